The van der Waals surface area contributed by atoms with E-state index in [-0.39, 0.29) is 5.75 Å². The van der Waals surface area contributed by atoms with Gasteiger partial charge in [0.2, 0.25) is 0 Å². The molecule has 2 aromatic rings. The molecule has 3 rings (SSSR count). The molecule has 0 aliphatic heterocycles. The summed E-state index contributed by atoms with van der Waals surface area (Å²) in [6.45, 7) is -0.509. The number of alkyl halides is 2. The highest BCUT2D eigenvalue weighted by Crippen LogP contribution is 2.37. The molecule has 0 bridgehead atoms. The van der Waals surface area contributed by atoms with Gasteiger partial charge in [-0.15, -0.1) is 0 Å². The second-order valence-corrected chi connectivity index (χ2v) is 8.87. The van der Waals surface area contributed by atoms with E-state index >= 15 is 0 Å². The zero-order valence-corrected chi connectivity index (χ0v) is 18.7. The predicted octanol–water partition coefficient (Wildman–Crippen LogP) is 9.09. The normalized spacial score (nSPS) is 19.2. The molecule has 0 aromatic heterocycles. The van der Waals surface area contributed by atoms with Gasteiger partial charge in [0.1, 0.15) is 5.75 Å². The molecule has 0 heterocycles. The van der Waals surface area contributed by atoms with Crippen LogP contribution in [0.25, 0.3) is 12.2 Å². The van der Waals surface area contributed by atoms with Crippen LogP contribution in [0.2, 0.25) is 0 Å². The highest BCUT2D eigenvalue weighted by atomic mass is 19.3. The molecule has 0 spiro atoms. The van der Waals surface area contributed by atoms with Crippen molar-refractivity contribution in [1.29, 1.82) is 0 Å². The highest BCUT2D eigenvalue weighted by Gasteiger charge is 2.21. The highest BCUT2D eigenvalue weighted by molar-refractivity contribution is 5.69. The monoisotopic (exact) mass is 426 g/mol. The molecule has 3 heteroatoms. The van der Waals surface area contributed by atoms with Gasteiger partial charge in [-0.2, -0.15) is 8.78 Å². The van der Waals surface area contributed by atoms with Crippen molar-refractivity contribution in [2.24, 2.45) is 5.92 Å². The smallest absolute Gasteiger partial charge is 0.387 e. The molecule has 0 atom stereocenters. The predicted molar refractivity (Wildman–Crippen MR) is 127 cm³/mol. The third kappa shape index (κ3) is 8.12. The maximum Gasteiger partial charge on any atom is 0.387 e. The molecular formula is C28H36F2O. The minimum absolute atomic E-state index is 0.183. The van der Waals surface area contributed by atoms with Crippen molar-refractivity contribution < 1.29 is 13.5 Å². The average molecular weight is 427 g/mol. The first kappa shape index (κ1) is 23.5. The van der Waals surface area contributed by atoms with Crippen LogP contribution in [0.15, 0.2) is 48.5 Å². The van der Waals surface area contributed by atoms with E-state index in [2.05, 4.69) is 42.0 Å². The minimum Gasteiger partial charge on any atom is -0.435 e. The van der Waals surface area contributed by atoms with Gasteiger partial charge in [0.15, 0.2) is 0 Å². The fourth-order valence-corrected chi connectivity index (χ4v) is 4.65. The van der Waals surface area contributed by atoms with Crippen LogP contribution in [0.4, 0.5) is 8.78 Å². The lowest BCUT2D eigenvalue weighted by atomic mass is 9.77. The summed E-state index contributed by atoms with van der Waals surface area (Å²) in [5, 5.41) is 0. The number of benzene rings is 2. The quantitative estimate of drug-likeness (QED) is 0.257. The van der Waals surface area contributed by atoms with E-state index in [9.17, 15) is 8.78 Å². The minimum atomic E-state index is -2.79. The second kappa shape index (κ2) is 12.6. The summed E-state index contributed by atoms with van der Waals surface area (Å²) in [6, 6.07) is 15.6. The maximum atomic E-state index is 12.2. The number of rotatable bonds is 11. The van der Waals surface area contributed by atoms with Gasteiger partial charge in [0, 0.05) is 0 Å². The Morgan fingerprint density at radius 3 is 1.97 bits per heavy atom. The van der Waals surface area contributed by atoms with Crippen molar-refractivity contribution in [2.45, 2.75) is 83.7 Å². The maximum absolute atomic E-state index is 12.2. The molecule has 1 fully saturated rings. The molecule has 0 unspecified atom stereocenters. The van der Waals surface area contributed by atoms with Gasteiger partial charge in [-0.05, 0) is 66.3 Å². The summed E-state index contributed by atoms with van der Waals surface area (Å²) in [6.07, 6.45) is 17.8. The first-order chi connectivity index (χ1) is 15.1. The van der Waals surface area contributed by atoms with Crippen molar-refractivity contribution in [2.75, 3.05) is 0 Å². The molecule has 0 radical (unpaired) electrons. The zero-order valence-electron chi connectivity index (χ0n) is 18.7. The Bertz CT molecular complexity index is 772. The molecule has 0 amide bonds. The molecule has 31 heavy (non-hydrogen) atoms. The Kier molecular flexibility index (Phi) is 9.58. The fourth-order valence-electron chi connectivity index (χ4n) is 4.65. The number of ether oxygens (including phenoxy) is 1. The Labute approximate surface area is 186 Å². The lowest BCUT2D eigenvalue weighted by Gasteiger charge is -2.29. The third-order valence-corrected chi connectivity index (χ3v) is 6.54. The Morgan fingerprint density at radius 2 is 1.39 bits per heavy atom. The van der Waals surface area contributed by atoms with Gasteiger partial charge in [-0.1, -0.05) is 94.0 Å². The Hall–Kier alpha value is -2.16. The summed E-state index contributed by atoms with van der Waals surface area (Å²) in [5.74, 6) is 1.83. The molecule has 1 saturated carbocycles. The van der Waals surface area contributed by atoms with Gasteiger partial charge >= 0.3 is 6.61 Å². The third-order valence-electron chi connectivity index (χ3n) is 6.54. The van der Waals surface area contributed by atoms with Crippen molar-refractivity contribution in [3.63, 3.8) is 0 Å². The number of hydrogen-bond donors (Lipinski definition) is 0. The van der Waals surface area contributed by atoms with Crippen LogP contribution < -0.4 is 4.74 Å². The first-order valence-electron chi connectivity index (χ1n) is 12.0. The Balaban J connectivity index is 1.43. The average Bonchev–Trinajstić information content (AvgIpc) is 2.79. The summed E-state index contributed by atoms with van der Waals surface area (Å²) in [4.78, 5) is 0. The van der Waals surface area contributed by atoms with Crippen LogP contribution in [0.3, 0.4) is 0 Å². The Morgan fingerprint density at radius 1 is 0.806 bits per heavy atom. The van der Waals surface area contributed by atoms with Crippen molar-refractivity contribution >= 4 is 12.2 Å². The van der Waals surface area contributed by atoms with E-state index in [0.29, 0.717) is 5.92 Å². The van der Waals surface area contributed by atoms with Gasteiger partial charge in [-0.25, -0.2) is 0 Å². The number of unbranched alkanes of at least 4 members (excludes halogenated alkanes) is 4. The SMILES string of the molecule is CCCCCCC[C@H]1CC[C@H](c2ccc(C=Cc3ccc(OC(F)F)cc3)cc2)CC1. The summed E-state index contributed by atoms with van der Waals surface area (Å²) in [7, 11) is 0. The van der Waals surface area contributed by atoms with Crippen molar-refractivity contribution in [3.05, 3.63) is 65.2 Å². The topological polar surface area (TPSA) is 9.23 Å². The van der Waals surface area contributed by atoms with E-state index in [0.717, 1.165) is 17.0 Å². The molecule has 0 N–H and O–H groups in total. The van der Waals surface area contributed by atoms with Crippen LogP contribution in [0.1, 0.15) is 93.7 Å². The van der Waals surface area contributed by atoms with Crippen LogP contribution >= 0.6 is 0 Å². The van der Waals surface area contributed by atoms with E-state index in [1.807, 2.05) is 6.08 Å². The van der Waals surface area contributed by atoms with Crippen LogP contribution in [-0.4, -0.2) is 6.61 Å². The molecule has 2 aromatic carbocycles. The van der Waals surface area contributed by atoms with Crippen molar-refractivity contribution in [1.82, 2.24) is 0 Å². The standard InChI is InChI=1S/C28H36F2O/c1-2-3-4-5-6-7-22-10-16-25(17-11-22)26-18-12-23(13-19-26)8-9-24-14-20-27(21-15-24)31-28(29)30/h8-9,12-15,18-22,25,28H,2-7,10-11,16-17H2,1H3/t22-,25-. The largest absolute Gasteiger partial charge is 0.435 e. The zero-order chi connectivity index (χ0) is 21.9. The van der Waals surface area contributed by atoms with Crippen LogP contribution in [-0.2, 0) is 0 Å². The van der Waals surface area contributed by atoms with Gasteiger partial charge < -0.3 is 4.74 Å². The van der Waals surface area contributed by atoms with Gasteiger partial charge in [0.05, 0.1) is 0 Å². The van der Waals surface area contributed by atoms with Gasteiger partial charge in [0.25, 0.3) is 0 Å². The van der Waals surface area contributed by atoms with E-state index < -0.39 is 6.61 Å². The first-order valence-corrected chi connectivity index (χ1v) is 12.0. The summed E-state index contributed by atoms with van der Waals surface area (Å²) >= 11 is 0. The molecule has 1 nitrogen and oxygen atoms in total. The molecule has 168 valence electrons. The van der Waals surface area contributed by atoms with Gasteiger partial charge in [-0.3, -0.25) is 0 Å². The second-order valence-electron chi connectivity index (χ2n) is 8.87. The lowest BCUT2D eigenvalue weighted by Crippen LogP contribution is -2.13. The summed E-state index contributed by atoms with van der Waals surface area (Å²) < 4.78 is 28.8. The van der Waals surface area contributed by atoms with E-state index in [1.165, 1.54) is 69.8 Å². The van der Waals surface area contributed by atoms with Crippen LogP contribution in [0.5, 0.6) is 5.75 Å². The van der Waals surface area contributed by atoms with Crippen molar-refractivity contribution in [3.8, 4) is 5.75 Å². The van der Waals surface area contributed by atoms with E-state index in [1.54, 1.807) is 24.3 Å². The number of halogens is 2. The number of hydrogen-bond acceptors (Lipinski definition) is 1. The lowest BCUT2D eigenvalue weighted by molar-refractivity contribution is -0.0498. The van der Waals surface area contributed by atoms with E-state index in [4.69, 9.17) is 0 Å². The fraction of sp³-hybridized carbons (Fsp3) is 0.500. The summed E-state index contributed by atoms with van der Waals surface area (Å²) in [5.41, 5.74) is 3.57. The molecule has 1 aliphatic rings. The molecule has 1 aliphatic carbocycles. The van der Waals surface area contributed by atoms with Crippen LogP contribution in [0, 0.1) is 5.92 Å². The molecular weight excluding hydrogens is 390 g/mol. The molecule has 0 saturated heterocycles.